The van der Waals surface area contributed by atoms with Crippen LogP contribution in [0, 0.1) is 12.7 Å². The highest BCUT2D eigenvalue weighted by Gasteiger charge is 2.31. The van der Waals surface area contributed by atoms with E-state index in [4.69, 9.17) is 0 Å². The van der Waals surface area contributed by atoms with Gasteiger partial charge in [-0.15, -0.1) is 0 Å². The Morgan fingerprint density at radius 3 is 2.77 bits per heavy atom. The van der Waals surface area contributed by atoms with E-state index >= 15 is 0 Å². The van der Waals surface area contributed by atoms with Gasteiger partial charge >= 0.3 is 0 Å². The summed E-state index contributed by atoms with van der Waals surface area (Å²) >= 11 is 0. The molecule has 1 aliphatic heterocycles. The fourth-order valence-corrected chi connectivity index (χ4v) is 3.17. The van der Waals surface area contributed by atoms with Crippen LogP contribution < -0.4 is 5.32 Å². The van der Waals surface area contributed by atoms with Gasteiger partial charge in [0, 0.05) is 31.8 Å². The van der Waals surface area contributed by atoms with E-state index in [-0.39, 0.29) is 23.7 Å². The standard InChI is InChI=1S/C20H22FN3O2/c1-13-5-7-16(10-17(13)21)20(26)24-9-3-4-19(24)18-8-6-15(12-23-18)11-22-14(2)25/h5-8,10,12,19H,3-4,9,11H2,1-2H3,(H,22,25)/t19-/m0/s1. The maximum absolute atomic E-state index is 13.8. The Bertz CT molecular complexity index is 820. The number of likely N-dealkylation sites (tertiary alicyclic amines) is 1. The maximum atomic E-state index is 13.8. The molecule has 1 aliphatic rings. The highest BCUT2D eigenvalue weighted by molar-refractivity contribution is 5.94. The second kappa shape index (κ2) is 7.64. The van der Waals surface area contributed by atoms with Crippen molar-refractivity contribution in [3.63, 3.8) is 0 Å². The summed E-state index contributed by atoms with van der Waals surface area (Å²) in [6.45, 7) is 4.21. The van der Waals surface area contributed by atoms with E-state index < -0.39 is 0 Å². The van der Waals surface area contributed by atoms with Crippen molar-refractivity contribution in [1.29, 1.82) is 0 Å². The lowest BCUT2D eigenvalue weighted by atomic mass is 10.1. The lowest BCUT2D eigenvalue weighted by molar-refractivity contribution is -0.119. The second-order valence-corrected chi connectivity index (χ2v) is 6.62. The molecule has 2 amide bonds. The van der Waals surface area contributed by atoms with Crippen molar-refractivity contribution in [2.75, 3.05) is 6.54 Å². The van der Waals surface area contributed by atoms with Crippen molar-refractivity contribution in [3.05, 3.63) is 64.7 Å². The lowest BCUT2D eigenvalue weighted by Crippen LogP contribution is -2.31. The molecule has 2 heterocycles. The molecule has 1 aromatic carbocycles. The number of aromatic nitrogens is 1. The molecule has 0 unspecified atom stereocenters. The van der Waals surface area contributed by atoms with Gasteiger partial charge in [-0.05, 0) is 49.1 Å². The van der Waals surface area contributed by atoms with Gasteiger partial charge in [0.2, 0.25) is 5.91 Å². The topological polar surface area (TPSA) is 62.3 Å². The summed E-state index contributed by atoms with van der Waals surface area (Å²) in [5.74, 6) is -0.630. The van der Waals surface area contributed by atoms with Gasteiger partial charge in [-0.25, -0.2) is 4.39 Å². The Hall–Kier alpha value is -2.76. The van der Waals surface area contributed by atoms with Crippen molar-refractivity contribution >= 4 is 11.8 Å². The molecule has 1 saturated heterocycles. The molecule has 1 fully saturated rings. The smallest absolute Gasteiger partial charge is 0.254 e. The number of aryl methyl sites for hydroxylation is 1. The minimum atomic E-state index is -0.368. The summed E-state index contributed by atoms with van der Waals surface area (Å²) in [4.78, 5) is 30.1. The SMILES string of the molecule is CC(=O)NCc1ccc([C@@H]2CCCN2C(=O)c2ccc(C)c(F)c2)nc1. The lowest BCUT2D eigenvalue weighted by Gasteiger charge is -2.24. The van der Waals surface area contributed by atoms with E-state index in [2.05, 4.69) is 10.3 Å². The van der Waals surface area contributed by atoms with Gasteiger partial charge in [0.1, 0.15) is 5.82 Å². The van der Waals surface area contributed by atoms with Crippen LogP contribution in [0.15, 0.2) is 36.5 Å². The Morgan fingerprint density at radius 2 is 2.12 bits per heavy atom. The molecule has 0 aliphatic carbocycles. The molecule has 3 rings (SSSR count). The second-order valence-electron chi connectivity index (χ2n) is 6.62. The highest BCUT2D eigenvalue weighted by Crippen LogP contribution is 2.32. The minimum absolute atomic E-state index is 0.0908. The first-order chi connectivity index (χ1) is 12.5. The average Bonchev–Trinajstić information content (AvgIpc) is 3.12. The molecule has 26 heavy (non-hydrogen) atoms. The molecule has 136 valence electrons. The number of benzene rings is 1. The van der Waals surface area contributed by atoms with E-state index in [0.29, 0.717) is 24.2 Å². The van der Waals surface area contributed by atoms with Crippen LogP contribution in [0.4, 0.5) is 4.39 Å². The van der Waals surface area contributed by atoms with Crippen LogP contribution in [-0.2, 0) is 11.3 Å². The van der Waals surface area contributed by atoms with Crippen molar-refractivity contribution in [2.45, 2.75) is 39.3 Å². The average molecular weight is 355 g/mol. The van der Waals surface area contributed by atoms with Crippen molar-refractivity contribution in [3.8, 4) is 0 Å². The molecule has 6 heteroatoms. The van der Waals surface area contributed by atoms with E-state index in [1.165, 1.54) is 13.0 Å². The predicted molar refractivity (Wildman–Crippen MR) is 95.9 cm³/mol. The number of rotatable bonds is 4. The Morgan fingerprint density at radius 1 is 1.31 bits per heavy atom. The van der Waals surface area contributed by atoms with E-state index in [0.717, 1.165) is 24.1 Å². The van der Waals surface area contributed by atoms with Crippen LogP contribution in [0.5, 0.6) is 0 Å². The van der Waals surface area contributed by atoms with Gasteiger partial charge in [-0.2, -0.15) is 0 Å². The molecule has 2 aromatic rings. The number of pyridine rings is 1. The Balaban J connectivity index is 1.76. The summed E-state index contributed by atoms with van der Waals surface area (Å²) in [5.41, 5.74) is 2.61. The van der Waals surface area contributed by atoms with Crippen LogP contribution in [0.1, 0.15) is 53.0 Å². The third-order valence-electron chi connectivity index (χ3n) is 4.66. The predicted octanol–water partition coefficient (Wildman–Crippen LogP) is 3.14. The zero-order valence-electron chi connectivity index (χ0n) is 15.0. The fourth-order valence-electron chi connectivity index (χ4n) is 3.17. The molecule has 0 bridgehead atoms. The monoisotopic (exact) mass is 355 g/mol. The van der Waals surface area contributed by atoms with Crippen LogP contribution >= 0.6 is 0 Å². The van der Waals surface area contributed by atoms with E-state index in [1.54, 1.807) is 30.2 Å². The largest absolute Gasteiger partial charge is 0.352 e. The van der Waals surface area contributed by atoms with E-state index in [9.17, 15) is 14.0 Å². The van der Waals surface area contributed by atoms with Crippen LogP contribution in [-0.4, -0.2) is 28.2 Å². The summed E-state index contributed by atoms with van der Waals surface area (Å²) < 4.78 is 13.8. The molecule has 5 nitrogen and oxygen atoms in total. The molecule has 1 aromatic heterocycles. The van der Waals surface area contributed by atoms with Crippen LogP contribution in [0.3, 0.4) is 0 Å². The van der Waals surface area contributed by atoms with Gasteiger partial charge in [0.05, 0.1) is 11.7 Å². The van der Waals surface area contributed by atoms with E-state index in [1.807, 2.05) is 12.1 Å². The summed E-state index contributed by atoms with van der Waals surface area (Å²) in [6.07, 6.45) is 3.44. The van der Waals surface area contributed by atoms with Gasteiger partial charge in [-0.1, -0.05) is 12.1 Å². The number of carbonyl (C=O) groups excluding carboxylic acids is 2. The number of amides is 2. The number of hydrogen-bond donors (Lipinski definition) is 1. The molecular weight excluding hydrogens is 333 g/mol. The Labute approximate surface area is 152 Å². The van der Waals surface area contributed by atoms with Gasteiger partial charge in [0.15, 0.2) is 0 Å². The number of hydrogen-bond acceptors (Lipinski definition) is 3. The zero-order valence-corrected chi connectivity index (χ0v) is 15.0. The first kappa shape index (κ1) is 18.0. The minimum Gasteiger partial charge on any atom is -0.352 e. The number of carbonyl (C=O) groups is 2. The first-order valence-corrected chi connectivity index (χ1v) is 8.72. The molecule has 0 radical (unpaired) electrons. The first-order valence-electron chi connectivity index (χ1n) is 8.72. The van der Waals surface area contributed by atoms with Gasteiger partial charge < -0.3 is 10.2 Å². The molecule has 1 N–H and O–H groups in total. The summed E-state index contributed by atoms with van der Waals surface area (Å²) in [7, 11) is 0. The fraction of sp³-hybridized carbons (Fsp3) is 0.350. The molecule has 0 saturated carbocycles. The normalized spacial score (nSPS) is 16.6. The Kier molecular flexibility index (Phi) is 5.30. The maximum Gasteiger partial charge on any atom is 0.254 e. The third-order valence-corrected chi connectivity index (χ3v) is 4.66. The number of halogens is 1. The van der Waals surface area contributed by atoms with Crippen molar-refractivity contribution in [1.82, 2.24) is 15.2 Å². The number of nitrogens with one attached hydrogen (secondary N) is 1. The highest BCUT2D eigenvalue weighted by atomic mass is 19.1. The zero-order chi connectivity index (χ0) is 18.7. The molecular formula is C20H22FN3O2. The van der Waals surface area contributed by atoms with Gasteiger partial charge in [0.25, 0.3) is 5.91 Å². The third kappa shape index (κ3) is 3.90. The molecule has 1 atom stereocenters. The summed E-state index contributed by atoms with van der Waals surface area (Å²) in [6, 6.07) is 8.29. The van der Waals surface area contributed by atoms with Crippen LogP contribution in [0.25, 0.3) is 0 Å². The quantitative estimate of drug-likeness (QED) is 0.916. The van der Waals surface area contributed by atoms with Crippen molar-refractivity contribution < 1.29 is 14.0 Å². The van der Waals surface area contributed by atoms with Crippen LogP contribution in [0.2, 0.25) is 0 Å². The van der Waals surface area contributed by atoms with Gasteiger partial charge in [-0.3, -0.25) is 14.6 Å². The van der Waals surface area contributed by atoms with Crippen molar-refractivity contribution in [2.24, 2.45) is 0 Å². The molecule has 0 spiro atoms. The summed E-state index contributed by atoms with van der Waals surface area (Å²) in [5, 5.41) is 2.73. The number of nitrogens with zero attached hydrogens (tertiary/aromatic N) is 2.